The number of anilines is 2. The molecule has 264 valence electrons. The summed E-state index contributed by atoms with van der Waals surface area (Å²) >= 11 is 2.50. The van der Waals surface area contributed by atoms with Gasteiger partial charge in [0.25, 0.3) is 11.8 Å². The molecule has 14 heteroatoms. The van der Waals surface area contributed by atoms with Crippen LogP contribution >= 0.6 is 23.1 Å². The van der Waals surface area contributed by atoms with Gasteiger partial charge < -0.3 is 35.1 Å². The minimum absolute atomic E-state index is 0.0116. The topological polar surface area (TPSA) is 152 Å². The molecule has 12 nitrogen and oxygen atoms in total. The zero-order chi connectivity index (χ0) is 36.5. The van der Waals surface area contributed by atoms with E-state index in [4.69, 9.17) is 14.2 Å². The first-order valence-corrected chi connectivity index (χ1v) is 17.5. The summed E-state index contributed by atoms with van der Waals surface area (Å²) in [6, 6.07) is 20.6. The molecule has 0 atom stereocenters. The lowest BCUT2D eigenvalue weighted by atomic mass is 10.0. The van der Waals surface area contributed by atoms with Gasteiger partial charge >= 0.3 is 5.97 Å². The van der Waals surface area contributed by atoms with Crippen molar-refractivity contribution in [2.45, 2.75) is 24.8 Å². The normalized spacial score (nSPS) is 12.3. The van der Waals surface area contributed by atoms with Crippen molar-refractivity contribution < 1.29 is 38.2 Å². The minimum Gasteiger partial charge on any atom is -0.493 e. The van der Waals surface area contributed by atoms with Crippen LogP contribution in [0.1, 0.15) is 43.6 Å². The van der Waals surface area contributed by atoms with E-state index in [2.05, 4.69) is 16.0 Å². The maximum absolute atomic E-state index is 13.6. The molecule has 5 rings (SSSR count). The van der Waals surface area contributed by atoms with Crippen LogP contribution in [0.25, 0.3) is 6.08 Å². The minimum atomic E-state index is -0.575. The Morgan fingerprint density at radius 3 is 2.37 bits per heavy atom. The Morgan fingerprint density at radius 2 is 1.67 bits per heavy atom. The molecule has 0 saturated heterocycles. The second-order valence-electron chi connectivity index (χ2n) is 11.2. The fourth-order valence-corrected chi connectivity index (χ4v) is 7.33. The molecule has 1 aliphatic heterocycles. The fraction of sp³-hybridized carbons (Fsp3) is 0.216. The van der Waals surface area contributed by atoms with Gasteiger partial charge in [-0.2, -0.15) is 0 Å². The maximum atomic E-state index is 13.6. The van der Waals surface area contributed by atoms with E-state index in [1.54, 1.807) is 77.7 Å². The van der Waals surface area contributed by atoms with Gasteiger partial charge in [-0.25, -0.2) is 4.79 Å². The van der Waals surface area contributed by atoms with Gasteiger partial charge in [0, 0.05) is 34.5 Å². The molecule has 1 aliphatic rings. The Hall–Kier alpha value is -5.60. The van der Waals surface area contributed by atoms with Crippen molar-refractivity contribution in [3.05, 3.63) is 106 Å². The molecule has 0 saturated carbocycles. The van der Waals surface area contributed by atoms with Crippen molar-refractivity contribution in [3.8, 4) is 11.5 Å². The van der Waals surface area contributed by atoms with Crippen molar-refractivity contribution >= 4 is 69.5 Å². The van der Waals surface area contributed by atoms with Gasteiger partial charge in [0.05, 0.1) is 39.2 Å². The first-order chi connectivity index (χ1) is 24.6. The third-order valence-electron chi connectivity index (χ3n) is 7.85. The highest BCUT2D eigenvalue weighted by Gasteiger charge is 2.30. The van der Waals surface area contributed by atoms with E-state index in [1.807, 2.05) is 0 Å². The van der Waals surface area contributed by atoms with E-state index in [0.717, 1.165) is 10.4 Å². The average Bonchev–Trinajstić information content (AvgIpc) is 3.50. The lowest BCUT2D eigenvalue weighted by Crippen LogP contribution is -2.33. The van der Waals surface area contributed by atoms with Crippen molar-refractivity contribution in [2.24, 2.45) is 0 Å². The SMILES string of the molecule is COC(=O)c1c(NC(=O)CSc2cccc(NC(=O)/C(=C\c3ccc(OC)c(OC)c3)NC(=O)c3ccccc3)c2)sc2c1CCN(C(C)=O)C2. The van der Waals surface area contributed by atoms with Crippen molar-refractivity contribution in [1.82, 2.24) is 10.2 Å². The molecule has 3 aromatic carbocycles. The van der Waals surface area contributed by atoms with Crippen LogP contribution in [0.3, 0.4) is 0 Å². The molecule has 0 spiro atoms. The number of fused-ring (bicyclic) bond motifs is 1. The van der Waals surface area contributed by atoms with Crippen LogP contribution in [0.15, 0.2) is 83.4 Å². The molecule has 4 aromatic rings. The van der Waals surface area contributed by atoms with Crippen LogP contribution < -0.4 is 25.4 Å². The number of thioether (sulfide) groups is 1. The number of carbonyl (C=O) groups is 5. The van der Waals surface area contributed by atoms with Crippen molar-refractivity contribution in [1.29, 1.82) is 0 Å². The number of amides is 4. The van der Waals surface area contributed by atoms with Crippen LogP contribution in [0.2, 0.25) is 0 Å². The molecule has 3 N–H and O–H groups in total. The van der Waals surface area contributed by atoms with Gasteiger partial charge in [0.15, 0.2) is 11.5 Å². The first-order valence-electron chi connectivity index (χ1n) is 15.7. The van der Waals surface area contributed by atoms with Gasteiger partial charge in [0.2, 0.25) is 11.8 Å². The zero-order valence-electron chi connectivity index (χ0n) is 28.4. The summed E-state index contributed by atoms with van der Waals surface area (Å²) in [5, 5.41) is 8.79. The lowest BCUT2D eigenvalue weighted by Gasteiger charge is -2.25. The molecule has 2 heterocycles. The maximum Gasteiger partial charge on any atom is 0.341 e. The molecular formula is C37H36N4O8S2. The van der Waals surface area contributed by atoms with Crippen molar-refractivity contribution in [3.63, 3.8) is 0 Å². The third-order valence-corrected chi connectivity index (χ3v) is 9.98. The summed E-state index contributed by atoms with van der Waals surface area (Å²) < 4.78 is 15.7. The number of hydrogen-bond acceptors (Lipinski definition) is 10. The Morgan fingerprint density at radius 1 is 0.902 bits per heavy atom. The first kappa shape index (κ1) is 36.7. The van der Waals surface area contributed by atoms with E-state index in [9.17, 15) is 24.0 Å². The summed E-state index contributed by atoms with van der Waals surface area (Å²) in [7, 11) is 4.31. The number of benzene rings is 3. The number of nitrogens with zero attached hydrogens (tertiary/aromatic N) is 1. The molecule has 0 unspecified atom stereocenters. The Balaban J connectivity index is 1.29. The number of rotatable bonds is 12. The molecule has 0 aliphatic carbocycles. The van der Waals surface area contributed by atoms with Crippen molar-refractivity contribution in [2.75, 3.05) is 44.3 Å². The monoisotopic (exact) mass is 728 g/mol. The van der Waals surface area contributed by atoms with Crippen LogP contribution in [0.4, 0.5) is 10.7 Å². The standard InChI is InChI=1S/C37H36N4O8S2/c1-22(42)41-16-15-27-31(20-41)51-36(33(27)37(46)49-4)40-32(43)21-50-26-12-8-11-25(19-26)38-35(45)28(39-34(44)24-9-6-5-7-10-24)17-23-13-14-29(47-2)30(18-23)48-3/h5-14,17-19H,15-16,20-21H2,1-4H3,(H,38,45)(H,39,44)(H,40,43)/b28-17+. The number of esters is 1. The number of hydrogen-bond donors (Lipinski definition) is 3. The molecule has 0 bridgehead atoms. The number of ether oxygens (including phenoxy) is 3. The number of thiophene rings is 1. The molecule has 0 fully saturated rings. The highest BCUT2D eigenvalue weighted by atomic mass is 32.2. The number of nitrogens with one attached hydrogen (secondary N) is 3. The Labute approximate surface area is 303 Å². The summed E-state index contributed by atoms with van der Waals surface area (Å²) in [5.41, 5.74) is 2.49. The van der Waals surface area contributed by atoms with Gasteiger partial charge in [-0.15, -0.1) is 23.1 Å². The number of carbonyl (C=O) groups excluding carboxylic acids is 5. The highest BCUT2D eigenvalue weighted by molar-refractivity contribution is 8.00. The van der Waals surface area contributed by atoms with Crippen LogP contribution in [-0.2, 0) is 32.1 Å². The van der Waals surface area contributed by atoms with E-state index >= 15 is 0 Å². The summed E-state index contributed by atoms with van der Waals surface area (Å²) in [6.45, 7) is 2.34. The summed E-state index contributed by atoms with van der Waals surface area (Å²) in [5.74, 6) is -1.01. The van der Waals surface area contributed by atoms with Gasteiger partial charge in [-0.3, -0.25) is 19.2 Å². The predicted octanol–water partition coefficient (Wildman–Crippen LogP) is 5.60. The van der Waals surface area contributed by atoms with Gasteiger partial charge in [-0.05, 0) is 66.1 Å². The average molecular weight is 729 g/mol. The Bertz CT molecular complexity index is 1990. The molecular weight excluding hydrogens is 693 g/mol. The third kappa shape index (κ3) is 9.15. The largest absolute Gasteiger partial charge is 0.493 e. The van der Waals surface area contributed by atoms with E-state index < -0.39 is 17.8 Å². The smallest absolute Gasteiger partial charge is 0.341 e. The van der Waals surface area contributed by atoms with Crippen LogP contribution in [-0.4, -0.2) is 68.1 Å². The lowest BCUT2D eigenvalue weighted by molar-refractivity contribution is -0.129. The highest BCUT2D eigenvalue weighted by Crippen LogP contribution is 2.38. The van der Waals surface area contributed by atoms with E-state index in [1.165, 1.54) is 57.4 Å². The quantitative estimate of drug-likeness (QED) is 0.0963. The molecule has 1 aromatic heterocycles. The van der Waals surface area contributed by atoms with Gasteiger partial charge in [0.1, 0.15) is 10.7 Å². The van der Waals surface area contributed by atoms with Crippen LogP contribution in [0.5, 0.6) is 11.5 Å². The second-order valence-corrected chi connectivity index (χ2v) is 13.4. The Kier molecular flexibility index (Phi) is 12.1. The zero-order valence-corrected chi connectivity index (χ0v) is 30.0. The summed E-state index contributed by atoms with van der Waals surface area (Å²) in [4.78, 5) is 67.6. The number of methoxy groups -OCH3 is 3. The van der Waals surface area contributed by atoms with Gasteiger partial charge in [-0.1, -0.05) is 30.3 Å². The van der Waals surface area contributed by atoms with E-state index in [-0.39, 0.29) is 23.3 Å². The fourth-order valence-electron chi connectivity index (χ4n) is 5.30. The van der Waals surface area contributed by atoms with E-state index in [0.29, 0.717) is 63.3 Å². The molecule has 4 amide bonds. The second kappa shape index (κ2) is 16.9. The molecule has 0 radical (unpaired) electrons. The summed E-state index contributed by atoms with van der Waals surface area (Å²) in [6.07, 6.45) is 2.02. The predicted molar refractivity (Wildman–Crippen MR) is 196 cm³/mol. The molecule has 51 heavy (non-hydrogen) atoms. The van der Waals surface area contributed by atoms with Crippen LogP contribution in [0, 0.1) is 0 Å².